The van der Waals surface area contributed by atoms with E-state index in [4.69, 9.17) is 5.73 Å². The molecule has 10 nitrogen and oxygen atoms in total. The second-order valence-corrected chi connectivity index (χ2v) is 11.3. The standard InChI is InChI=1S/C21H25F2N5O5S/c1-11-6-13(33-19(22)23)8-25-15(11)16(29)26-12-7-14(17(30)28(5)9-12)21(4)10-34(31,32)20(2,3)18(24)27-21/h6-9,19H,10H2,1-5H3,(H2,24,27)(H,26,29). The number of anilines is 1. The van der Waals surface area contributed by atoms with E-state index in [1.54, 1.807) is 0 Å². The van der Waals surface area contributed by atoms with Crippen LogP contribution in [0.3, 0.4) is 0 Å². The third kappa shape index (κ3) is 4.52. The van der Waals surface area contributed by atoms with Gasteiger partial charge in [-0.15, -0.1) is 0 Å². The van der Waals surface area contributed by atoms with Crippen LogP contribution in [0.2, 0.25) is 0 Å². The summed E-state index contributed by atoms with van der Waals surface area (Å²) in [5.41, 5.74) is 4.43. The van der Waals surface area contributed by atoms with E-state index in [1.807, 2.05) is 0 Å². The Morgan fingerprint density at radius 2 is 1.94 bits per heavy atom. The average Bonchev–Trinajstić information content (AvgIpc) is 2.68. The van der Waals surface area contributed by atoms with Crippen LogP contribution in [0, 0.1) is 6.92 Å². The Kier molecular flexibility index (Phi) is 6.29. The number of aliphatic imine (C=N–C) groups is 1. The number of amidine groups is 1. The van der Waals surface area contributed by atoms with Gasteiger partial charge in [0.15, 0.2) is 9.84 Å². The number of nitrogens with zero attached hydrogens (tertiary/aromatic N) is 3. The zero-order chi connectivity index (χ0) is 25.6. The largest absolute Gasteiger partial charge is 0.433 e. The van der Waals surface area contributed by atoms with Crippen molar-refractivity contribution in [1.82, 2.24) is 9.55 Å². The van der Waals surface area contributed by atoms with Gasteiger partial charge in [-0.25, -0.2) is 13.4 Å². The smallest absolute Gasteiger partial charge is 0.387 e. The number of hydrogen-bond acceptors (Lipinski definition) is 8. The highest BCUT2D eigenvalue weighted by Gasteiger charge is 2.49. The quantitative estimate of drug-likeness (QED) is 0.640. The van der Waals surface area contributed by atoms with Crippen LogP contribution in [-0.2, 0) is 22.4 Å². The monoisotopic (exact) mass is 497 g/mol. The molecule has 13 heteroatoms. The Morgan fingerprint density at radius 1 is 1.29 bits per heavy atom. The number of amides is 1. The van der Waals surface area contributed by atoms with Gasteiger partial charge in [-0.2, -0.15) is 8.78 Å². The van der Waals surface area contributed by atoms with E-state index in [-0.39, 0.29) is 34.1 Å². The Hall–Kier alpha value is -3.35. The fourth-order valence-corrected chi connectivity index (χ4v) is 5.28. The summed E-state index contributed by atoms with van der Waals surface area (Å²) < 4.78 is 54.6. The molecule has 1 aliphatic heterocycles. The van der Waals surface area contributed by atoms with Gasteiger partial charge in [-0.1, -0.05) is 0 Å². The van der Waals surface area contributed by atoms with Crippen molar-refractivity contribution in [2.24, 2.45) is 17.8 Å². The average molecular weight is 498 g/mol. The highest BCUT2D eigenvalue weighted by Crippen LogP contribution is 2.36. The van der Waals surface area contributed by atoms with Gasteiger partial charge < -0.3 is 20.4 Å². The van der Waals surface area contributed by atoms with Crippen LogP contribution in [-0.4, -0.2) is 46.8 Å². The number of alkyl halides is 2. The van der Waals surface area contributed by atoms with Crippen LogP contribution in [0.4, 0.5) is 14.5 Å². The third-order valence-electron chi connectivity index (χ3n) is 5.75. The van der Waals surface area contributed by atoms with E-state index in [0.29, 0.717) is 0 Å². The molecule has 1 aliphatic rings. The molecule has 184 valence electrons. The number of hydrogen-bond donors (Lipinski definition) is 2. The summed E-state index contributed by atoms with van der Waals surface area (Å²) >= 11 is 0. The summed E-state index contributed by atoms with van der Waals surface area (Å²) in [5.74, 6) is -1.44. The van der Waals surface area contributed by atoms with Crippen LogP contribution in [0.25, 0.3) is 0 Å². The summed E-state index contributed by atoms with van der Waals surface area (Å²) in [7, 11) is -2.32. The molecule has 0 radical (unpaired) electrons. The zero-order valence-electron chi connectivity index (χ0n) is 19.2. The molecule has 1 amide bonds. The lowest BCUT2D eigenvalue weighted by atomic mass is 9.94. The number of nitrogens with one attached hydrogen (secondary N) is 1. The number of aryl methyl sites for hydroxylation is 2. The van der Waals surface area contributed by atoms with Crippen molar-refractivity contribution in [3.8, 4) is 5.75 Å². The minimum absolute atomic E-state index is 0.0280. The van der Waals surface area contributed by atoms with Gasteiger partial charge in [0.25, 0.3) is 11.5 Å². The minimum atomic E-state index is -3.76. The first-order valence-corrected chi connectivity index (χ1v) is 11.7. The molecule has 0 aromatic carbocycles. The molecular weight excluding hydrogens is 472 g/mol. The van der Waals surface area contributed by atoms with Crippen LogP contribution < -0.4 is 21.3 Å². The van der Waals surface area contributed by atoms with Crippen molar-refractivity contribution in [2.75, 3.05) is 11.1 Å². The molecule has 0 saturated heterocycles. The van der Waals surface area contributed by atoms with Gasteiger partial charge in [0, 0.05) is 18.8 Å². The molecule has 1 atom stereocenters. The van der Waals surface area contributed by atoms with Gasteiger partial charge in [0.2, 0.25) is 0 Å². The van der Waals surface area contributed by atoms with Crippen LogP contribution in [0.15, 0.2) is 34.3 Å². The van der Waals surface area contributed by atoms with Crippen LogP contribution in [0.1, 0.15) is 42.4 Å². The SMILES string of the molecule is Cc1cc(OC(F)F)cnc1C(=O)Nc1cc(C2(C)CS(=O)(=O)C(C)(C)C(N)=N2)c(=O)n(C)c1. The Morgan fingerprint density at radius 3 is 2.50 bits per heavy atom. The maximum atomic E-state index is 12.9. The number of rotatable bonds is 5. The lowest BCUT2D eigenvalue weighted by Crippen LogP contribution is -2.55. The summed E-state index contributed by atoms with van der Waals surface area (Å²) in [4.78, 5) is 33.9. The minimum Gasteiger partial charge on any atom is -0.433 e. The molecule has 3 N–H and O–H groups in total. The molecule has 3 heterocycles. The lowest BCUT2D eigenvalue weighted by Gasteiger charge is -2.37. The molecule has 3 rings (SSSR count). The molecule has 0 bridgehead atoms. The number of ether oxygens (including phenoxy) is 1. The highest BCUT2D eigenvalue weighted by atomic mass is 32.2. The number of pyridine rings is 2. The van der Waals surface area contributed by atoms with Gasteiger partial charge in [-0.05, 0) is 45.4 Å². The Labute approximate surface area is 194 Å². The predicted octanol–water partition coefficient (Wildman–Crippen LogP) is 1.72. The van der Waals surface area contributed by atoms with E-state index in [9.17, 15) is 26.8 Å². The van der Waals surface area contributed by atoms with E-state index in [2.05, 4.69) is 20.0 Å². The normalized spacial score (nSPS) is 21.1. The van der Waals surface area contributed by atoms with E-state index >= 15 is 0 Å². The molecule has 0 aliphatic carbocycles. The second kappa shape index (κ2) is 8.46. The Balaban J connectivity index is 2.00. The summed E-state index contributed by atoms with van der Waals surface area (Å²) in [6.07, 6.45) is 2.35. The van der Waals surface area contributed by atoms with Gasteiger partial charge >= 0.3 is 6.61 Å². The van der Waals surface area contributed by atoms with Crippen molar-refractivity contribution >= 4 is 27.3 Å². The highest BCUT2D eigenvalue weighted by molar-refractivity contribution is 7.93. The first-order chi connectivity index (χ1) is 15.6. The number of aromatic nitrogens is 2. The number of carbonyl (C=O) groups excluding carboxylic acids is 1. The number of nitrogens with two attached hydrogens (primary N) is 1. The molecule has 1 unspecified atom stereocenters. The molecule has 34 heavy (non-hydrogen) atoms. The van der Waals surface area contributed by atoms with E-state index in [1.165, 1.54) is 57.6 Å². The van der Waals surface area contributed by atoms with Crippen molar-refractivity contribution in [3.05, 3.63) is 51.7 Å². The fourth-order valence-electron chi connectivity index (χ4n) is 3.59. The van der Waals surface area contributed by atoms with Gasteiger partial charge in [0.1, 0.15) is 27.6 Å². The number of sulfone groups is 1. The summed E-state index contributed by atoms with van der Waals surface area (Å²) in [6.45, 7) is 2.85. The Bertz CT molecular complexity index is 1350. The fraction of sp³-hybridized carbons (Fsp3) is 0.429. The molecule has 2 aromatic heterocycles. The topological polar surface area (TPSA) is 146 Å². The molecule has 2 aromatic rings. The molecule has 0 spiro atoms. The molecule has 0 saturated carbocycles. The van der Waals surface area contributed by atoms with Gasteiger partial charge in [-0.3, -0.25) is 14.6 Å². The van der Waals surface area contributed by atoms with Crippen molar-refractivity contribution in [3.63, 3.8) is 0 Å². The van der Waals surface area contributed by atoms with Crippen LogP contribution in [0.5, 0.6) is 5.75 Å². The maximum absolute atomic E-state index is 12.9. The van der Waals surface area contributed by atoms with Crippen molar-refractivity contribution in [1.29, 1.82) is 0 Å². The first-order valence-electron chi connectivity index (χ1n) is 10.1. The summed E-state index contributed by atoms with van der Waals surface area (Å²) in [6, 6.07) is 2.59. The zero-order valence-corrected chi connectivity index (χ0v) is 20.0. The summed E-state index contributed by atoms with van der Waals surface area (Å²) in [5, 5.41) is 2.59. The maximum Gasteiger partial charge on any atom is 0.387 e. The predicted molar refractivity (Wildman–Crippen MR) is 122 cm³/mol. The third-order valence-corrected chi connectivity index (χ3v) is 8.45. The second-order valence-electron chi connectivity index (χ2n) is 8.77. The number of carbonyl (C=O) groups is 1. The first kappa shape index (κ1) is 25.3. The van der Waals surface area contributed by atoms with Crippen LogP contribution >= 0.6 is 0 Å². The van der Waals surface area contributed by atoms with Crippen molar-refractivity contribution in [2.45, 2.75) is 44.6 Å². The van der Waals surface area contributed by atoms with Gasteiger partial charge in [0.05, 0.1) is 17.6 Å². The molecular formula is C21H25F2N5O5S. The van der Waals surface area contributed by atoms with E-state index < -0.39 is 44.0 Å². The molecule has 0 fully saturated rings. The van der Waals surface area contributed by atoms with E-state index in [0.717, 1.165) is 6.20 Å². The number of halogens is 2. The lowest BCUT2D eigenvalue weighted by molar-refractivity contribution is -0.0501. The van der Waals surface area contributed by atoms with Crippen molar-refractivity contribution < 1.29 is 26.7 Å².